The first-order chi connectivity index (χ1) is 11.0. The lowest BCUT2D eigenvalue weighted by Gasteiger charge is -2.07. The summed E-state index contributed by atoms with van der Waals surface area (Å²) in [5, 5.41) is 5.22. The number of benzene rings is 2. The number of fused-ring (bicyclic) bond motifs is 1. The lowest BCUT2D eigenvalue weighted by Crippen LogP contribution is -2.04. The van der Waals surface area contributed by atoms with E-state index in [9.17, 15) is 8.78 Å². The predicted octanol–water partition coefficient (Wildman–Crippen LogP) is 4.66. The van der Waals surface area contributed by atoms with Crippen molar-refractivity contribution < 1.29 is 8.78 Å². The van der Waals surface area contributed by atoms with Gasteiger partial charge in [-0.05, 0) is 43.7 Å². The van der Waals surface area contributed by atoms with Crippen LogP contribution in [0.3, 0.4) is 0 Å². The quantitative estimate of drug-likeness (QED) is 0.564. The van der Waals surface area contributed by atoms with Gasteiger partial charge in [0.2, 0.25) is 0 Å². The first-order valence-electron chi connectivity index (χ1n) is 7.17. The number of anilines is 1. The smallest absolute Gasteiger partial charge is 0.147 e. The maximum absolute atomic E-state index is 13.7. The minimum Gasteiger partial charge on any atom is -0.261 e. The van der Waals surface area contributed by atoms with Gasteiger partial charge in [-0.15, -0.1) is 0 Å². The van der Waals surface area contributed by atoms with Crippen molar-refractivity contribution in [2.24, 2.45) is 5.10 Å². The predicted molar refractivity (Wildman–Crippen MR) is 88.7 cm³/mol. The van der Waals surface area contributed by atoms with E-state index < -0.39 is 11.6 Å². The molecule has 0 fully saturated rings. The summed E-state index contributed by atoms with van der Waals surface area (Å²) in [7, 11) is 0. The Labute approximate surface area is 132 Å². The molecule has 23 heavy (non-hydrogen) atoms. The molecule has 3 aromatic rings. The van der Waals surface area contributed by atoms with Gasteiger partial charge in [-0.25, -0.2) is 13.8 Å². The highest BCUT2D eigenvalue weighted by Gasteiger charge is 2.07. The zero-order valence-electron chi connectivity index (χ0n) is 12.8. The lowest BCUT2D eigenvalue weighted by atomic mass is 10.1. The number of para-hydroxylation sites is 1. The number of hydrazone groups is 1. The largest absolute Gasteiger partial charge is 0.261 e. The maximum atomic E-state index is 13.7. The molecule has 0 atom stereocenters. The number of aryl methyl sites for hydroxylation is 1. The van der Waals surface area contributed by atoms with Crippen LogP contribution in [0.1, 0.15) is 18.1 Å². The van der Waals surface area contributed by atoms with Gasteiger partial charge < -0.3 is 0 Å². The van der Waals surface area contributed by atoms with Crippen LogP contribution in [0.4, 0.5) is 14.6 Å². The van der Waals surface area contributed by atoms with Gasteiger partial charge in [-0.2, -0.15) is 5.10 Å². The zero-order chi connectivity index (χ0) is 16.4. The third-order valence-corrected chi connectivity index (χ3v) is 3.58. The Bertz CT molecular complexity index is 904. The topological polar surface area (TPSA) is 37.3 Å². The molecule has 1 N–H and O–H groups in total. The number of rotatable bonds is 3. The molecule has 3 rings (SSSR count). The van der Waals surface area contributed by atoms with Crippen molar-refractivity contribution in [3.05, 3.63) is 71.3 Å². The van der Waals surface area contributed by atoms with Gasteiger partial charge in [0.25, 0.3) is 0 Å². The van der Waals surface area contributed by atoms with Gasteiger partial charge in [-0.1, -0.05) is 18.2 Å². The van der Waals surface area contributed by atoms with Gasteiger partial charge in [0, 0.05) is 17.0 Å². The number of nitrogens with zero attached hydrogens (tertiary/aromatic N) is 2. The van der Waals surface area contributed by atoms with Crippen LogP contribution in [0.25, 0.3) is 10.9 Å². The summed E-state index contributed by atoms with van der Waals surface area (Å²) < 4.78 is 26.7. The molecule has 2 aromatic carbocycles. The number of pyridine rings is 1. The second kappa shape index (κ2) is 6.12. The molecule has 0 spiro atoms. The molecule has 5 heteroatoms. The van der Waals surface area contributed by atoms with E-state index in [-0.39, 0.29) is 5.56 Å². The summed E-state index contributed by atoms with van der Waals surface area (Å²) >= 11 is 0. The Morgan fingerprint density at radius 3 is 2.65 bits per heavy atom. The normalized spacial score (nSPS) is 11.7. The van der Waals surface area contributed by atoms with Gasteiger partial charge in [-0.3, -0.25) is 5.43 Å². The fourth-order valence-corrected chi connectivity index (χ4v) is 2.39. The number of halogens is 2. The highest BCUT2D eigenvalue weighted by atomic mass is 19.1. The summed E-state index contributed by atoms with van der Waals surface area (Å²) in [6.45, 7) is 3.64. The van der Waals surface area contributed by atoms with Gasteiger partial charge in [0.1, 0.15) is 17.5 Å². The van der Waals surface area contributed by atoms with Crippen molar-refractivity contribution >= 4 is 22.4 Å². The van der Waals surface area contributed by atoms with Crippen molar-refractivity contribution in [1.29, 1.82) is 0 Å². The molecule has 0 saturated carbocycles. The molecule has 0 bridgehead atoms. The van der Waals surface area contributed by atoms with Gasteiger partial charge in [0.05, 0.1) is 11.2 Å². The molecule has 0 aliphatic rings. The monoisotopic (exact) mass is 311 g/mol. The summed E-state index contributed by atoms with van der Waals surface area (Å²) in [5.74, 6) is -0.683. The van der Waals surface area contributed by atoms with Crippen LogP contribution in [-0.4, -0.2) is 10.7 Å². The van der Waals surface area contributed by atoms with Crippen LogP contribution in [-0.2, 0) is 0 Å². The highest BCUT2D eigenvalue weighted by molar-refractivity contribution is 5.99. The van der Waals surface area contributed by atoms with Crippen LogP contribution in [0.5, 0.6) is 0 Å². The fraction of sp³-hybridized carbons (Fsp3) is 0.111. The number of nitrogens with one attached hydrogen (secondary N) is 1. The second-order valence-corrected chi connectivity index (χ2v) is 5.27. The molecule has 0 aliphatic carbocycles. The van der Waals surface area contributed by atoms with E-state index in [0.29, 0.717) is 11.5 Å². The number of aromatic nitrogens is 1. The molecule has 0 radical (unpaired) electrons. The standard InChI is InChI=1S/C18H15F2N3/c1-11-9-18(21-17-6-4-3-5-14(11)17)23-22-12(2)15-8-7-13(19)10-16(15)20/h3-10H,1-2H3,(H,21,23)/b22-12+. The lowest BCUT2D eigenvalue weighted by molar-refractivity contribution is 0.581. The number of hydrogen-bond donors (Lipinski definition) is 1. The maximum Gasteiger partial charge on any atom is 0.147 e. The van der Waals surface area contributed by atoms with Crippen LogP contribution in [0.2, 0.25) is 0 Å². The van der Waals surface area contributed by atoms with E-state index in [0.717, 1.165) is 22.5 Å². The second-order valence-electron chi connectivity index (χ2n) is 5.27. The van der Waals surface area contributed by atoms with Crippen LogP contribution in [0, 0.1) is 18.6 Å². The Morgan fingerprint density at radius 2 is 1.87 bits per heavy atom. The Kier molecular flexibility index (Phi) is 4.02. The summed E-state index contributed by atoms with van der Waals surface area (Å²) in [6.07, 6.45) is 0. The molecular formula is C18H15F2N3. The van der Waals surface area contributed by atoms with Crippen LogP contribution >= 0.6 is 0 Å². The summed E-state index contributed by atoms with van der Waals surface area (Å²) in [5.41, 5.74) is 5.42. The molecule has 1 heterocycles. The molecule has 0 aliphatic heterocycles. The number of hydrogen-bond acceptors (Lipinski definition) is 3. The molecule has 0 amide bonds. The minimum absolute atomic E-state index is 0.247. The minimum atomic E-state index is -0.643. The Hall–Kier alpha value is -2.82. The first kappa shape index (κ1) is 15.1. The van der Waals surface area contributed by atoms with Gasteiger partial charge in [0.15, 0.2) is 0 Å². The van der Waals surface area contributed by atoms with Crippen LogP contribution in [0.15, 0.2) is 53.6 Å². The van der Waals surface area contributed by atoms with Crippen molar-refractivity contribution in [2.45, 2.75) is 13.8 Å². The van der Waals surface area contributed by atoms with Crippen molar-refractivity contribution in [3.63, 3.8) is 0 Å². The van der Waals surface area contributed by atoms with E-state index in [1.807, 2.05) is 37.3 Å². The molecule has 116 valence electrons. The van der Waals surface area contributed by atoms with Crippen LogP contribution < -0.4 is 5.43 Å². The third-order valence-electron chi connectivity index (χ3n) is 3.58. The summed E-state index contributed by atoms with van der Waals surface area (Å²) in [6, 6.07) is 13.1. The Morgan fingerprint density at radius 1 is 1.09 bits per heavy atom. The molecule has 3 nitrogen and oxygen atoms in total. The SMILES string of the molecule is C/C(=N\Nc1cc(C)c2ccccc2n1)c1ccc(F)cc1F. The van der Waals surface area contributed by atoms with E-state index in [1.165, 1.54) is 12.1 Å². The molecule has 1 aromatic heterocycles. The Balaban J connectivity index is 1.90. The van der Waals surface area contributed by atoms with E-state index in [2.05, 4.69) is 15.5 Å². The molecular weight excluding hydrogens is 296 g/mol. The van der Waals surface area contributed by atoms with E-state index in [4.69, 9.17) is 0 Å². The van der Waals surface area contributed by atoms with E-state index >= 15 is 0 Å². The fourth-order valence-electron chi connectivity index (χ4n) is 2.39. The molecule has 0 unspecified atom stereocenters. The highest BCUT2D eigenvalue weighted by Crippen LogP contribution is 2.20. The molecule has 0 saturated heterocycles. The average Bonchev–Trinajstić information content (AvgIpc) is 2.53. The van der Waals surface area contributed by atoms with E-state index in [1.54, 1.807) is 6.92 Å². The van der Waals surface area contributed by atoms with Gasteiger partial charge >= 0.3 is 0 Å². The van der Waals surface area contributed by atoms with Crippen molar-refractivity contribution in [1.82, 2.24) is 4.98 Å². The summed E-state index contributed by atoms with van der Waals surface area (Å²) in [4.78, 5) is 4.47. The van der Waals surface area contributed by atoms with Crippen molar-refractivity contribution in [2.75, 3.05) is 5.43 Å². The zero-order valence-corrected chi connectivity index (χ0v) is 12.8. The first-order valence-corrected chi connectivity index (χ1v) is 7.17. The van der Waals surface area contributed by atoms with Crippen molar-refractivity contribution in [3.8, 4) is 0 Å². The third kappa shape index (κ3) is 3.18. The average molecular weight is 311 g/mol.